The first-order valence-electron chi connectivity index (χ1n) is 8.62. The lowest BCUT2D eigenvalue weighted by atomic mass is 10.0. The van der Waals surface area contributed by atoms with Crippen LogP contribution in [0.3, 0.4) is 0 Å². The van der Waals surface area contributed by atoms with Gasteiger partial charge < -0.3 is 4.90 Å². The Hall–Kier alpha value is -1.79. The van der Waals surface area contributed by atoms with Gasteiger partial charge in [-0.05, 0) is 39.3 Å². The summed E-state index contributed by atoms with van der Waals surface area (Å²) in [4.78, 5) is 22.0. The zero-order valence-corrected chi connectivity index (χ0v) is 15.8. The molecule has 0 bridgehead atoms. The second-order valence-corrected chi connectivity index (χ2v) is 7.89. The minimum Gasteiger partial charge on any atom is -0.337 e. The fourth-order valence-corrected chi connectivity index (χ4v) is 4.32. The monoisotopic (exact) mass is 361 g/mol. The average molecular weight is 361 g/mol. The number of hydrogen-bond donors (Lipinski definition) is 0. The lowest BCUT2D eigenvalue weighted by Gasteiger charge is -2.37. The lowest BCUT2D eigenvalue weighted by Crippen LogP contribution is -2.48. The molecule has 25 heavy (non-hydrogen) atoms. The van der Waals surface area contributed by atoms with Gasteiger partial charge in [0.05, 0.1) is 10.7 Å². The molecule has 1 atom stereocenters. The molecule has 6 heteroatoms. The van der Waals surface area contributed by atoms with Crippen LogP contribution in [0.5, 0.6) is 0 Å². The van der Waals surface area contributed by atoms with Gasteiger partial charge in [-0.15, -0.1) is 11.3 Å². The maximum atomic E-state index is 13.9. The number of carbonyl (C=O) groups excluding carboxylic acids is 1. The minimum absolute atomic E-state index is 0.0424. The van der Waals surface area contributed by atoms with E-state index < -0.39 is 0 Å². The number of rotatable bonds is 4. The van der Waals surface area contributed by atoms with E-state index in [1.807, 2.05) is 37.9 Å². The Morgan fingerprint density at radius 3 is 2.84 bits per heavy atom. The third-order valence-corrected chi connectivity index (χ3v) is 5.86. The van der Waals surface area contributed by atoms with Crippen molar-refractivity contribution in [1.29, 1.82) is 0 Å². The van der Waals surface area contributed by atoms with Crippen LogP contribution in [0.1, 0.15) is 38.8 Å². The van der Waals surface area contributed by atoms with Crippen molar-refractivity contribution in [3.63, 3.8) is 0 Å². The predicted molar refractivity (Wildman–Crippen MR) is 98.4 cm³/mol. The molecule has 1 saturated heterocycles. The summed E-state index contributed by atoms with van der Waals surface area (Å²) >= 11 is 1.45. The van der Waals surface area contributed by atoms with Gasteiger partial charge in [-0.2, -0.15) is 0 Å². The fourth-order valence-electron chi connectivity index (χ4n) is 3.41. The molecule has 1 aliphatic rings. The summed E-state index contributed by atoms with van der Waals surface area (Å²) < 4.78 is 13.9. The molecule has 1 aromatic heterocycles. The van der Waals surface area contributed by atoms with Gasteiger partial charge in [-0.1, -0.05) is 18.2 Å². The summed E-state index contributed by atoms with van der Waals surface area (Å²) in [6.45, 7) is 6.10. The summed E-state index contributed by atoms with van der Waals surface area (Å²) in [5.41, 5.74) is 1.52. The quantitative estimate of drug-likeness (QED) is 0.834. The van der Waals surface area contributed by atoms with E-state index in [-0.39, 0.29) is 17.8 Å². The van der Waals surface area contributed by atoms with E-state index in [4.69, 9.17) is 0 Å². The highest BCUT2D eigenvalue weighted by Crippen LogP contribution is 2.23. The van der Waals surface area contributed by atoms with Gasteiger partial charge in [0, 0.05) is 31.7 Å². The van der Waals surface area contributed by atoms with Crippen LogP contribution in [0.25, 0.3) is 0 Å². The van der Waals surface area contributed by atoms with E-state index in [2.05, 4.69) is 9.88 Å². The number of nitrogens with zero attached hydrogens (tertiary/aromatic N) is 3. The SMILES string of the molecule is Cc1nc(C)c(C(=O)N(C)[C@@H]2CCCN(Cc3ccccc3F)C2)s1. The van der Waals surface area contributed by atoms with Crippen LogP contribution in [0.2, 0.25) is 0 Å². The maximum Gasteiger partial charge on any atom is 0.265 e. The van der Waals surface area contributed by atoms with Crippen LogP contribution in [0, 0.1) is 19.7 Å². The van der Waals surface area contributed by atoms with Gasteiger partial charge in [-0.25, -0.2) is 9.37 Å². The Bertz CT molecular complexity index is 761. The van der Waals surface area contributed by atoms with Crippen molar-refractivity contribution in [2.24, 2.45) is 0 Å². The first kappa shape index (κ1) is 18.0. The van der Waals surface area contributed by atoms with Gasteiger partial charge in [0.15, 0.2) is 0 Å². The molecule has 3 rings (SSSR count). The molecular weight excluding hydrogens is 337 g/mol. The number of halogens is 1. The molecule has 0 saturated carbocycles. The Morgan fingerprint density at radius 1 is 1.40 bits per heavy atom. The molecule has 1 aromatic carbocycles. The molecule has 134 valence electrons. The summed E-state index contributed by atoms with van der Waals surface area (Å²) in [5, 5.41) is 0.916. The Labute approximate surface area is 152 Å². The molecule has 0 unspecified atom stereocenters. The van der Waals surface area contributed by atoms with Gasteiger partial charge >= 0.3 is 0 Å². The number of likely N-dealkylation sites (N-methyl/N-ethyl adjacent to an activating group) is 1. The van der Waals surface area contributed by atoms with Crippen molar-refractivity contribution in [3.8, 4) is 0 Å². The second kappa shape index (κ2) is 7.62. The van der Waals surface area contributed by atoms with Crippen LogP contribution in [0.15, 0.2) is 24.3 Å². The van der Waals surface area contributed by atoms with Crippen LogP contribution in [-0.2, 0) is 6.54 Å². The summed E-state index contributed by atoms with van der Waals surface area (Å²) in [6.07, 6.45) is 1.99. The van der Waals surface area contributed by atoms with E-state index in [1.165, 1.54) is 17.4 Å². The highest BCUT2D eigenvalue weighted by molar-refractivity contribution is 7.13. The van der Waals surface area contributed by atoms with E-state index in [0.717, 1.165) is 41.5 Å². The Morgan fingerprint density at radius 2 is 2.16 bits per heavy atom. The van der Waals surface area contributed by atoms with Crippen LogP contribution < -0.4 is 0 Å². The third-order valence-electron chi connectivity index (χ3n) is 4.80. The van der Waals surface area contributed by atoms with Gasteiger partial charge in [0.2, 0.25) is 0 Å². The van der Waals surface area contributed by atoms with Gasteiger partial charge in [0.25, 0.3) is 5.91 Å². The molecular formula is C19H24FN3OS. The first-order valence-corrected chi connectivity index (χ1v) is 9.44. The number of benzene rings is 1. The van der Waals surface area contributed by atoms with Crippen molar-refractivity contribution in [3.05, 3.63) is 51.2 Å². The zero-order valence-electron chi connectivity index (χ0n) is 15.0. The maximum absolute atomic E-state index is 13.9. The van der Waals surface area contributed by atoms with E-state index >= 15 is 0 Å². The molecule has 2 heterocycles. The molecule has 0 spiro atoms. The largest absolute Gasteiger partial charge is 0.337 e. The first-order chi connectivity index (χ1) is 12.0. The number of thiazole rings is 1. The third kappa shape index (κ3) is 4.07. The number of carbonyl (C=O) groups is 1. The fraction of sp³-hybridized carbons (Fsp3) is 0.474. The van der Waals surface area contributed by atoms with E-state index in [1.54, 1.807) is 6.07 Å². The molecule has 0 radical (unpaired) electrons. The summed E-state index contributed by atoms with van der Waals surface area (Å²) in [6, 6.07) is 7.06. The lowest BCUT2D eigenvalue weighted by molar-refractivity contribution is 0.0611. The van der Waals surface area contributed by atoms with Crippen molar-refractivity contribution >= 4 is 17.2 Å². The summed E-state index contributed by atoms with van der Waals surface area (Å²) in [5.74, 6) is -0.120. The number of amides is 1. The highest BCUT2D eigenvalue weighted by Gasteiger charge is 2.28. The standard InChI is InChI=1S/C19H24FN3OS/c1-13-18(25-14(2)21-13)19(24)22(3)16-8-6-10-23(12-16)11-15-7-4-5-9-17(15)20/h4-5,7,9,16H,6,8,10-12H2,1-3H3/t16-/m1/s1. The number of likely N-dealkylation sites (tertiary alicyclic amines) is 1. The predicted octanol–water partition coefficient (Wildman–Crippen LogP) is 3.64. The topological polar surface area (TPSA) is 36.4 Å². The molecule has 0 N–H and O–H groups in total. The zero-order chi connectivity index (χ0) is 18.0. The molecule has 0 aliphatic carbocycles. The number of aromatic nitrogens is 1. The van der Waals surface area contributed by atoms with Gasteiger partial charge in [0.1, 0.15) is 10.7 Å². The van der Waals surface area contributed by atoms with Gasteiger partial charge in [-0.3, -0.25) is 9.69 Å². The highest BCUT2D eigenvalue weighted by atomic mass is 32.1. The average Bonchev–Trinajstić information content (AvgIpc) is 2.94. The Kier molecular flexibility index (Phi) is 5.49. The number of hydrogen-bond acceptors (Lipinski definition) is 4. The smallest absolute Gasteiger partial charge is 0.265 e. The van der Waals surface area contributed by atoms with Crippen molar-refractivity contribution in [1.82, 2.24) is 14.8 Å². The minimum atomic E-state index is -0.162. The number of aryl methyl sites for hydroxylation is 2. The number of piperidine rings is 1. The van der Waals surface area contributed by atoms with Crippen molar-refractivity contribution in [2.75, 3.05) is 20.1 Å². The van der Waals surface area contributed by atoms with Crippen LogP contribution in [-0.4, -0.2) is 46.9 Å². The summed E-state index contributed by atoms with van der Waals surface area (Å²) in [7, 11) is 1.87. The van der Waals surface area contributed by atoms with Crippen molar-refractivity contribution in [2.45, 2.75) is 39.3 Å². The van der Waals surface area contributed by atoms with E-state index in [9.17, 15) is 9.18 Å². The van der Waals surface area contributed by atoms with E-state index in [0.29, 0.717) is 12.1 Å². The molecule has 2 aromatic rings. The molecule has 4 nitrogen and oxygen atoms in total. The van der Waals surface area contributed by atoms with Crippen LogP contribution >= 0.6 is 11.3 Å². The molecule has 1 aliphatic heterocycles. The van der Waals surface area contributed by atoms with Crippen molar-refractivity contribution < 1.29 is 9.18 Å². The van der Waals surface area contributed by atoms with Crippen LogP contribution in [0.4, 0.5) is 4.39 Å². The normalized spacial score (nSPS) is 18.3. The Balaban J connectivity index is 1.67. The second-order valence-electron chi connectivity index (χ2n) is 6.69. The molecule has 1 amide bonds. The molecule has 1 fully saturated rings.